The number of benzene rings is 1. The lowest BCUT2D eigenvalue weighted by molar-refractivity contribution is -0.125. The van der Waals surface area contributed by atoms with Gasteiger partial charge in [0.25, 0.3) is 5.91 Å². The highest BCUT2D eigenvalue weighted by Crippen LogP contribution is 2.09. The van der Waals surface area contributed by atoms with E-state index in [1.54, 1.807) is 24.3 Å². The largest absolute Gasteiger partial charge is 0.452 e. The maximum Gasteiger partial charge on any atom is 0.338 e. The van der Waals surface area contributed by atoms with Gasteiger partial charge in [-0.15, -0.1) is 5.10 Å². The fourth-order valence-corrected chi connectivity index (χ4v) is 2.01. The molecular weight excluding hydrogens is 298 g/mol. The zero-order valence-corrected chi connectivity index (χ0v) is 13.1. The van der Waals surface area contributed by atoms with E-state index in [4.69, 9.17) is 4.74 Å². The average Bonchev–Trinajstić information content (AvgIpc) is 3.12. The smallest absolute Gasteiger partial charge is 0.338 e. The van der Waals surface area contributed by atoms with Gasteiger partial charge in [0.2, 0.25) is 0 Å². The lowest BCUT2D eigenvalue weighted by Crippen LogP contribution is -2.36. The first-order chi connectivity index (χ1) is 11.1. The van der Waals surface area contributed by atoms with Crippen LogP contribution in [0.25, 0.3) is 5.69 Å². The Morgan fingerprint density at radius 3 is 2.48 bits per heavy atom. The fraction of sp³-hybridized carbons (Fsp3) is 0.400. The third-order valence-corrected chi connectivity index (χ3v) is 3.40. The predicted molar refractivity (Wildman–Crippen MR) is 81.9 cm³/mol. The Morgan fingerprint density at radius 2 is 1.91 bits per heavy atom. The Balaban J connectivity index is 1.87. The summed E-state index contributed by atoms with van der Waals surface area (Å²) in [5, 5.41) is 13.6. The fourth-order valence-electron chi connectivity index (χ4n) is 2.01. The molecule has 1 amide bonds. The van der Waals surface area contributed by atoms with Gasteiger partial charge in [-0.3, -0.25) is 4.79 Å². The number of nitrogens with one attached hydrogen (secondary N) is 1. The maximum atomic E-state index is 11.9. The SMILES string of the molecule is CCC(CC)NC(=O)COC(=O)c1ccc(-n2cnnn2)cc1. The lowest BCUT2D eigenvalue weighted by Gasteiger charge is -2.14. The molecule has 0 atom stereocenters. The molecule has 8 nitrogen and oxygen atoms in total. The van der Waals surface area contributed by atoms with Crippen molar-refractivity contribution in [3.8, 4) is 5.69 Å². The number of ether oxygens (including phenoxy) is 1. The minimum absolute atomic E-state index is 0.108. The monoisotopic (exact) mass is 317 g/mol. The lowest BCUT2D eigenvalue weighted by atomic mass is 10.2. The van der Waals surface area contributed by atoms with Gasteiger partial charge in [0.05, 0.1) is 11.3 Å². The van der Waals surface area contributed by atoms with E-state index < -0.39 is 5.97 Å². The molecule has 0 aliphatic carbocycles. The molecule has 122 valence electrons. The van der Waals surface area contributed by atoms with Crippen LogP contribution >= 0.6 is 0 Å². The van der Waals surface area contributed by atoms with Crippen molar-refractivity contribution >= 4 is 11.9 Å². The number of nitrogens with zero attached hydrogens (tertiary/aromatic N) is 4. The molecule has 1 heterocycles. The summed E-state index contributed by atoms with van der Waals surface area (Å²) in [4.78, 5) is 23.6. The van der Waals surface area contributed by atoms with Gasteiger partial charge < -0.3 is 10.1 Å². The van der Waals surface area contributed by atoms with Gasteiger partial charge in [-0.1, -0.05) is 13.8 Å². The highest BCUT2D eigenvalue weighted by Gasteiger charge is 2.12. The van der Waals surface area contributed by atoms with Crippen LogP contribution in [0, 0.1) is 0 Å². The molecule has 0 radical (unpaired) electrons. The summed E-state index contributed by atoms with van der Waals surface area (Å²) in [6, 6.07) is 6.68. The number of hydrogen-bond acceptors (Lipinski definition) is 6. The molecular formula is C15H19N5O3. The predicted octanol–water partition coefficient (Wildman–Crippen LogP) is 1.12. The van der Waals surface area contributed by atoms with E-state index >= 15 is 0 Å². The van der Waals surface area contributed by atoms with Crippen molar-refractivity contribution in [3.63, 3.8) is 0 Å². The Morgan fingerprint density at radius 1 is 1.22 bits per heavy atom. The van der Waals surface area contributed by atoms with Crippen LogP contribution in [0.1, 0.15) is 37.0 Å². The molecule has 0 aliphatic rings. The molecule has 2 rings (SSSR count). The number of esters is 1. The standard InChI is InChI=1S/C15H19N5O3/c1-3-12(4-2)17-14(21)9-23-15(22)11-5-7-13(8-6-11)20-10-16-18-19-20/h5-8,10,12H,3-4,9H2,1-2H3,(H,17,21). The molecule has 0 saturated carbocycles. The van der Waals surface area contributed by atoms with Gasteiger partial charge in [0, 0.05) is 6.04 Å². The molecule has 8 heteroatoms. The van der Waals surface area contributed by atoms with E-state index in [9.17, 15) is 9.59 Å². The first kappa shape index (κ1) is 16.6. The number of tetrazole rings is 1. The summed E-state index contributed by atoms with van der Waals surface area (Å²) < 4.78 is 6.48. The number of aromatic nitrogens is 4. The van der Waals surface area contributed by atoms with Gasteiger partial charge in [-0.25, -0.2) is 9.48 Å². The second kappa shape index (κ2) is 8.02. The van der Waals surface area contributed by atoms with Gasteiger partial charge in [0.1, 0.15) is 6.33 Å². The molecule has 0 fully saturated rings. The van der Waals surface area contributed by atoms with Crippen LogP contribution < -0.4 is 5.32 Å². The quantitative estimate of drug-likeness (QED) is 0.768. The maximum absolute atomic E-state index is 11.9. The number of amides is 1. The highest BCUT2D eigenvalue weighted by molar-refractivity contribution is 5.91. The summed E-state index contributed by atoms with van der Waals surface area (Å²) in [5.41, 5.74) is 1.08. The molecule has 23 heavy (non-hydrogen) atoms. The van der Waals surface area contributed by atoms with E-state index in [0.717, 1.165) is 18.5 Å². The summed E-state index contributed by atoms with van der Waals surface area (Å²) in [6.45, 7) is 3.70. The van der Waals surface area contributed by atoms with Crippen molar-refractivity contribution in [1.29, 1.82) is 0 Å². The molecule has 1 N–H and O–H groups in total. The van der Waals surface area contributed by atoms with E-state index in [1.807, 2.05) is 13.8 Å². The number of hydrogen-bond donors (Lipinski definition) is 1. The van der Waals surface area contributed by atoms with E-state index in [2.05, 4.69) is 20.8 Å². The Hall–Kier alpha value is -2.77. The summed E-state index contributed by atoms with van der Waals surface area (Å²) in [7, 11) is 0. The molecule has 0 saturated heterocycles. The zero-order chi connectivity index (χ0) is 16.7. The van der Waals surface area contributed by atoms with Crippen LogP contribution in [0.3, 0.4) is 0 Å². The van der Waals surface area contributed by atoms with Crippen LogP contribution in [0.15, 0.2) is 30.6 Å². The van der Waals surface area contributed by atoms with Gasteiger partial charge in [-0.2, -0.15) is 0 Å². The highest BCUT2D eigenvalue weighted by atomic mass is 16.5. The van der Waals surface area contributed by atoms with Crippen molar-refractivity contribution in [2.75, 3.05) is 6.61 Å². The third kappa shape index (κ3) is 4.60. The molecule has 0 unspecified atom stereocenters. The second-order valence-corrected chi connectivity index (χ2v) is 4.96. The van der Waals surface area contributed by atoms with Crippen LogP contribution in [0.4, 0.5) is 0 Å². The molecule has 1 aromatic heterocycles. The summed E-state index contributed by atoms with van der Waals surface area (Å²) in [5.74, 6) is -0.842. The number of carbonyl (C=O) groups is 2. The molecule has 1 aromatic carbocycles. The van der Waals surface area contributed by atoms with Crippen LogP contribution in [-0.2, 0) is 9.53 Å². The first-order valence-corrected chi connectivity index (χ1v) is 7.44. The Labute approximate surface area is 133 Å². The number of carbonyl (C=O) groups excluding carboxylic acids is 2. The van der Waals surface area contributed by atoms with Crippen molar-refractivity contribution in [2.45, 2.75) is 32.7 Å². The minimum atomic E-state index is -0.548. The third-order valence-electron chi connectivity index (χ3n) is 3.40. The van der Waals surface area contributed by atoms with Crippen LogP contribution in [0.2, 0.25) is 0 Å². The molecule has 0 aliphatic heterocycles. The summed E-state index contributed by atoms with van der Waals surface area (Å²) in [6.07, 6.45) is 3.14. The normalized spacial score (nSPS) is 10.6. The van der Waals surface area contributed by atoms with Crippen molar-refractivity contribution in [2.24, 2.45) is 0 Å². The van der Waals surface area contributed by atoms with Gasteiger partial charge in [0.15, 0.2) is 6.61 Å². The van der Waals surface area contributed by atoms with Gasteiger partial charge >= 0.3 is 5.97 Å². The second-order valence-electron chi connectivity index (χ2n) is 4.96. The topological polar surface area (TPSA) is 99.0 Å². The molecule has 2 aromatic rings. The minimum Gasteiger partial charge on any atom is -0.452 e. The Kier molecular flexibility index (Phi) is 5.79. The van der Waals surface area contributed by atoms with Gasteiger partial charge in [-0.05, 0) is 47.5 Å². The molecule has 0 spiro atoms. The van der Waals surface area contributed by atoms with Crippen molar-refractivity contribution in [1.82, 2.24) is 25.5 Å². The van der Waals surface area contributed by atoms with Crippen LogP contribution in [0.5, 0.6) is 0 Å². The number of rotatable bonds is 7. The molecule has 0 bridgehead atoms. The van der Waals surface area contributed by atoms with E-state index in [1.165, 1.54) is 11.0 Å². The average molecular weight is 317 g/mol. The summed E-state index contributed by atoms with van der Waals surface area (Å²) >= 11 is 0. The van der Waals surface area contributed by atoms with Crippen LogP contribution in [-0.4, -0.2) is 44.7 Å². The zero-order valence-electron chi connectivity index (χ0n) is 13.1. The van der Waals surface area contributed by atoms with E-state index in [0.29, 0.717) is 5.56 Å². The van der Waals surface area contributed by atoms with Crippen molar-refractivity contribution < 1.29 is 14.3 Å². The first-order valence-electron chi connectivity index (χ1n) is 7.44. The van der Waals surface area contributed by atoms with Crippen molar-refractivity contribution in [3.05, 3.63) is 36.2 Å². The Bertz CT molecular complexity index is 636. The van der Waals surface area contributed by atoms with E-state index in [-0.39, 0.29) is 18.6 Å².